The predicted molar refractivity (Wildman–Crippen MR) is 71.3 cm³/mol. The maximum absolute atomic E-state index is 12.1. The molecular formula is C14H26N2O2. The molecule has 2 N–H and O–H groups in total. The average molecular weight is 254 g/mol. The first-order valence-corrected chi connectivity index (χ1v) is 7.38. The van der Waals surface area contributed by atoms with Gasteiger partial charge in [0.25, 0.3) is 0 Å². The standard InChI is InChI=1S/C14H26N2O2/c1-11-7-9-16(10-8-11)14(17)18-13-6-4-2-3-5-12(13)15/h11-13H,2-10,15H2,1H3. The quantitative estimate of drug-likeness (QED) is 0.731. The van der Waals surface area contributed by atoms with Crippen molar-refractivity contribution in [2.45, 2.75) is 64.0 Å². The van der Waals surface area contributed by atoms with Gasteiger partial charge in [-0.3, -0.25) is 0 Å². The van der Waals surface area contributed by atoms with Crippen LogP contribution in [0.4, 0.5) is 4.79 Å². The number of ether oxygens (including phenoxy) is 1. The number of piperidine rings is 1. The molecule has 4 nitrogen and oxygen atoms in total. The Hall–Kier alpha value is -0.770. The number of nitrogens with zero attached hydrogens (tertiary/aromatic N) is 1. The van der Waals surface area contributed by atoms with E-state index in [1.54, 1.807) is 0 Å². The molecule has 0 aromatic rings. The van der Waals surface area contributed by atoms with Gasteiger partial charge in [0.05, 0.1) is 0 Å². The number of hydrogen-bond acceptors (Lipinski definition) is 3. The van der Waals surface area contributed by atoms with E-state index in [0.717, 1.165) is 57.5 Å². The molecule has 0 radical (unpaired) electrons. The van der Waals surface area contributed by atoms with Crippen LogP contribution in [0, 0.1) is 5.92 Å². The number of amides is 1. The molecule has 104 valence electrons. The second-order valence-electron chi connectivity index (χ2n) is 5.89. The number of carbonyl (C=O) groups excluding carboxylic acids is 1. The lowest BCUT2D eigenvalue weighted by Crippen LogP contribution is -2.44. The summed E-state index contributed by atoms with van der Waals surface area (Å²) in [5, 5.41) is 0. The number of nitrogens with two attached hydrogens (primary N) is 1. The number of hydrogen-bond donors (Lipinski definition) is 1. The first kappa shape index (κ1) is 13.7. The summed E-state index contributed by atoms with van der Waals surface area (Å²) in [7, 11) is 0. The summed E-state index contributed by atoms with van der Waals surface area (Å²) >= 11 is 0. The molecule has 2 fully saturated rings. The zero-order valence-corrected chi connectivity index (χ0v) is 11.4. The lowest BCUT2D eigenvalue weighted by molar-refractivity contribution is 0.0404. The zero-order valence-electron chi connectivity index (χ0n) is 11.4. The van der Waals surface area contributed by atoms with E-state index in [1.165, 1.54) is 6.42 Å². The van der Waals surface area contributed by atoms with Gasteiger partial charge in [-0.1, -0.05) is 19.8 Å². The van der Waals surface area contributed by atoms with E-state index in [4.69, 9.17) is 10.5 Å². The topological polar surface area (TPSA) is 55.6 Å². The van der Waals surface area contributed by atoms with Crippen LogP contribution >= 0.6 is 0 Å². The first-order chi connectivity index (χ1) is 8.66. The molecule has 4 heteroatoms. The van der Waals surface area contributed by atoms with Crippen LogP contribution in [-0.2, 0) is 4.74 Å². The van der Waals surface area contributed by atoms with Crippen molar-refractivity contribution >= 4 is 6.09 Å². The number of rotatable bonds is 1. The van der Waals surface area contributed by atoms with Crippen LogP contribution in [0.2, 0.25) is 0 Å². The maximum Gasteiger partial charge on any atom is 0.410 e. The Morgan fingerprint density at radius 2 is 1.78 bits per heavy atom. The van der Waals surface area contributed by atoms with Gasteiger partial charge >= 0.3 is 6.09 Å². The Morgan fingerprint density at radius 1 is 1.11 bits per heavy atom. The Balaban J connectivity index is 1.82. The highest BCUT2D eigenvalue weighted by atomic mass is 16.6. The highest BCUT2D eigenvalue weighted by Crippen LogP contribution is 2.22. The molecule has 1 aliphatic carbocycles. The van der Waals surface area contributed by atoms with Crippen molar-refractivity contribution in [3.05, 3.63) is 0 Å². The molecule has 0 spiro atoms. The predicted octanol–water partition coefficient (Wildman–Crippen LogP) is 2.51. The fourth-order valence-corrected chi connectivity index (χ4v) is 2.84. The van der Waals surface area contributed by atoms with Crippen LogP contribution in [0.25, 0.3) is 0 Å². The Labute approximate surface area is 110 Å². The summed E-state index contributed by atoms with van der Waals surface area (Å²) < 4.78 is 5.62. The van der Waals surface area contributed by atoms with Gasteiger partial charge in [0.1, 0.15) is 6.10 Å². The van der Waals surface area contributed by atoms with E-state index in [9.17, 15) is 4.79 Å². The van der Waals surface area contributed by atoms with Crippen LogP contribution in [0.15, 0.2) is 0 Å². The van der Waals surface area contributed by atoms with Crippen LogP contribution in [0.3, 0.4) is 0 Å². The van der Waals surface area contributed by atoms with Crippen LogP contribution in [0.1, 0.15) is 51.9 Å². The monoisotopic (exact) mass is 254 g/mol. The van der Waals surface area contributed by atoms with Crippen molar-refractivity contribution in [3.63, 3.8) is 0 Å². The Kier molecular flexibility index (Phi) is 4.87. The van der Waals surface area contributed by atoms with Gasteiger partial charge in [-0.05, 0) is 38.0 Å². The van der Waals surface area contributed by atoms with E-state index in [2.05, 4.69) is 6.92 Å². The van der Waals surface area contributed by atoms with E-state index in [1.807, 2.05) is 4.90 Å². The van der Waals surface area contributed by atoms with Crippen molar-refractivity contribution in [2.75, 3.05) is 13.1 Å². The van der Waals surface area contributed by atoms with Gasteiger partial charge in [-0.25, -0.2) is 4.79 Å². The zero-order chi connectivity index (χ0) is 13.0. The summed E-state index contributed by atoms with van der Waals surface area (Å²) in [5.74, 6) is 0.731. The lowest BCUT2D eigenvalue weighted by atomic mass is 10.00. The summed E-state index contributed by atoms with van der Waals surface area (Å²) in [6.07, 6.45) is 7.37. The maximum atomic E-state index is 12.1. The normalized spacial score (nSPS) is 30.9. The largest absolute Gasteiger partial charge is 0.444 e. The molecule has 1 aliphatic heterocycles. The van der Waals surface area contributed by atoms with Crippen molar-refractivity contribution in [3.8, 4) is 0 Å². The van der Waals surface area contributed by atoms with Gasteiger partial charge in [0.2, 0.25) is 0 Å². The summed E-state index contributed by atoms with van der Waals surface area (Å²) in [6.45, 7) is 3.91. The van der Waals surface area contributed by atoms with Gasteiger partial charge in [0.15, 0.2) is 0 Å². The molecule has 2 aliphatic rings. The fraction of sp³-hybridized carbons (Fsp3) is 0.929. The molecule has 0 bridgehead atoms. The minimum atomic E-state index is -0.149. The molecule has 0 aromatic heterocycles. The SMILES string of the molecule is CC1CCN(C(=O)OC2CCCCCC2N)CC1. The average Bonchev–Trinajstić information content (AvgIpc) is 2.56. The molecule has 2 unspecified atom stereocenters. The van der Waals surface area contributed by atoms with Crippen LogP contribution in [-0.4, -0.2) is 36.2 Å². The van der Waals surface area contributed by atoms with E-state index in [-0.39, 0.29) is 18.2 Å². The van der Waals surface area contributed by atoms with E-state index in [0.29, 0.717) is 0 Å². The second-order valence-corrected chi connectivity index (χ2v) is 5.89. The highest BCUT2D eigenvalue weighted by molar-refractivity contribution is 5.68. The van der Waals surface area contributed by atoms with Crippen molar-refractivity contribution < 1.29 is 9.53 Å². The Morgan fingerprint density at radius 3 is 2.50 bits per heavy atom. The minimum absolute atomic E-state index is 0.0279. The molecule has 18 heavy (non-hydrogen) atoms. The van der Waals surface area contributed by atoms with Gasteiger partial charge in [0, 0.05) is 19.1 Å². The molecule has 1 amide bonds. The molecular weight excluding hydrogens is 228 g/mol. The third-order valence-electron chi connectivity index (χ3n) is 4.30. The lowest BCUT2D eigenvalue weighted by Gasteiger charge is -2.32. The highest BCUT2D eigenvalue weighted by Gasteiger charge is 2.27. The van der Waals surface area contributed by atoms with Crippen molar-refractivity contribution in [2.24, 2.45) is 11.7 Å². The van der Waals surface area contributed by atoms with E-state index >= 15 is 0 Å². The van der Waals surface area contributed by atoms with Crippen LogP contribution < -0.4 is 5.73 Å². The van der Waals surface area contributed by atoms with Gasteiger partial charge in [-0.2, -0.15) is 0 Å². The third kappa shape index (κ3) is 3.61. The van der Waals surface area contributed by atoms with Crippen molar-refractivity contribution in [1.29, 1.82) is 0 Å². The summed E-state index contributed by atoms with van der Waals surface area (Å²) in [6, 6.07) is 0.0279. The van der Waals surface area contributed by atoms with Crippen LogP contribution in [0.5, 0.6) is 0 Å². The first-order valence-electron chi connectivity index (χ1n) is 7.38. The molecule has 2 rings (SSSR count). The summed E-state index contributed by atoms with van der Waals surface area (Å²) in [4.78, 5) is 13.9. The smallest absolute Gasteiger partial charge is 0.410 e. The van der Waals surface area contributed by atoms with E-state index < -0.39 is 0 Å². The number of likely N-dealkylation sites (tertiary alicyclic amines) is 1. The number of carbonyl (C=O) groups is 1. The molecule has 1 heterocycles. The molecule has 2 atom stereocenters. The fourth-order valence-electron chi connectivity index (χ4n) is 2.84. The summed E-state index contributed by atoms with van der Waals surface area (Å²) in [5.41, 5.74) is 6.08. The second kappa shape index (κ2) is 6.41. The minimum Gasteiger partial charge on any atom is -0.444 e. The molecule has 1 saturated carbocycles. The Bertz CT molecular complexity index is 275. The van der Waals surface area contributed by atoms with Gasteiger partial charge in [-0.15, -0.1) is 0 Å². The third-order valence-corrected chi connectivity index (χ3v) is 4.30. The molecule has 0 aromatic carbocycles. The van der Waals surface area contributed by atoms with Gasteiger partial charge < -0.3 is 15.4 Å². The molecule has 1 saturated heterocycles. The van der Waals surface area contributed by atoms with Crippen molar-refractivity contribution in [1.82, 2.24) is 4.90 Å².